The highest BCUT2D eigenvalue weighted by molar-refractivity contribution is 7.10. The second kappa shape index (κ2) is 5.95. The third kappa shape index (κ3) is 2.84. The minimum atomic E-state index is -0.296. The lowest BCUT2D eigenvalue weighted by Crippen LogP contribution is -2.45. The van der Waals surface area contributed by atoms with Crippen LogP contribution in [0, 0.1) is 6.92 Å². The van der Waals surface area contributed by atoms with E-state index in [0.717, 1.165) is 4.88 Å². The van der Waals surface area contributed by atoms with E-state index in [2.05, 4.69) is 10.2 Å². The van der Waals surface area contributed by atoms with Crippen molar-refractivity contribution in [2.75, 3.05) is 19.8 Å². The summed E-state index contributed by atoms with van der Waals surface area (Å²) in [6, 6.07) is 3.65. The maximum atomic E-state index is 12.8. The first-order valence-corrected chi connectivity index (χ1v) is 7.76. The molecule has 7 heteroatoms. The molecule has 1 saturated heterocycles. The minimum Gasteiger partial charge on any atom is -0.423 e. The van der Waals surface area contributed by atoms with Crippen molar-refractivity contribution in [1.82, 2.24) is 15.1 Å². The quantitative estimate of drug-likeness (QED) is 0.869. The van der Waals surface area contributed by atoms with Crippen LogP contribution in [-0.4, -0.2) is 40.8 Å². The maximum absolute atomic E-state index is 12.8. The van der Waals surface area contributed by atoms with Crippen LogP contribution < -0.4 is 0 Å². The van der Waals surface area contributed by atoms with E-state index in [1.165, 1.54) is 0 Å². The number of aromatic nitrogens is 2. The summed E-state index contributed by atoms with van der Waals surface area (Å²) < 4.78 is 11.0. The van der Waals surface area contributed by atoms with Gasteiger partial charge >= 0.3 is 0 Å². The molecule has 0 saturated carbocycles. The van der Waals surface area contributed by atoms with Gasteiger partial charge in [0.1, 0.15) is 6.04 Å². The fourth-order valence-electron chi connectivity index (χ4n) is 2.43. The molecule has 2 aromatic rings. The van der Waals surface area contributed by atoms with Gasteiger partial charge in [-0.15, -0.1) is 21.5 Å². The van der Waals surface area contributed by atoms with Gasteiger partial charge in [-0.25, -0.2) is 0 Å². The van der Waals surface area contributed by atoms with E-state index in [0.29, 0.717) is 31.5 Å². The molecule has 0 bridgehead atoms. The summed E-state index contributed by atoms with van der Waals surface area (Å²) in [6.07, 6.45) is 0. The molecule has 112 valence electrons. The number of aryl methyl sites for hydroxylation is 1. The van der Waals surface area contributed by atoms with E-state index in [1.54, 1.807) is 23.2 Å². The van der Waals surface area contributed by atoms with Crippen molar-refractivity contribution in [3.63, 3.8) is 0 Å². The zero-order chi connectivity index (χ0) is 14.8. The monoisotopic (exact) mass is 307 g/mol. The molecule has 21 heavy (non-hydrogen) atoms. The number of morpholine rings is 1. The average molecular weight is 307 g/mol. The van der Waals surface area contributed by atoms with Gasteiger partial charge in [-0.05, 0) is 18.4 Å². The van der Waals surface area contributed by atoms with Crippen molar-refractivity contribution in [2.24, 2.45) is 0 Å². The van der Waals surface area contributed by atoms with E-state index in [1.807, 2.05) is 24.4 Å². The molecule has 1 fully saturated rings. The van der Waals surface area contributed by atoms with Crippen molar-refractivity contribution in [3.05, 3.63) is 34.2 Å². The predicted octanol–water partition coefficient (Wildman–Crippen LogP) is 2.14. The van der Waals surface area contributed by atoms with Gasteiger partial charge in [-0.3, -0.25) is 4.79 Å². The minimum absolute atomic E-state index is 0.0709. The van der Waals surface area contributed by atoms with Crippen molar-refractivity contribution >= 4 is 17.2 Å². The number of ether oxygens (including phenoxy) is 1. The molecule has 2 atom stereocenters. The molecule has 0 spiro atoms. The molecule has 1 amide bonds. The van der Waals surface area contributed by atoms with Gasteiger partial charge in [-0.2, -0.15) is 0 Å². The van der Waals surface area contributed by atoms with Gasteiger partial charge in [-0.1, -0.05) is 6.07 Å². The second-order valence-corrected chi connectivity index (χ2v) is 6.00. The van der Waals surface area contributed by atoms with Gasteiger partial charge < -0.3 is 14.1 Å². The number of carbonyl (C=O) groups excluding carboxylic acids is 1. The Morgan fingerprint density at radius 2 is 2.38 bits per heavy atom. The van der Waals surface area contributed by atoms with Crippen LogP contribution in [0.1, 0.15) is 35.5 Å². The van der Waals surface area contributed by atoms with Gasteiger partial charge in [0.05, 0.1) is 19.1 Å². The number of hydrogen-bond donors (Lipinski definition) is 0. The molecule has 0 aromatic carbocycles. The Morgan fingerprint density at radius 1 is 1.52 bits per heavy atom. The van der Waals surface area contributed by atoms with Gasteiger partial charge in [0.25, 0.3) is 0 Å². The normalized spacial score (nSPS) is 20.5. The second-order valence-electron chi connectivity index (χ2n) is 5.02. The van der Waals surface area contributed by atoms with Crippen LogP contribution in [0.2, 0.25) is 0 Å². The predicted molar refractivity (Wildman–Crippen MR) is 77.0 cm³/mol. The van der Waals surface area contributed by atoms with E-state index in [4.69, 9.17) is 9.15 Å². The molecule has 2 aromatic heterocycles. The highest BCUT2D eigenvalue weighted by atomic mass is 32.1. The Balaban J connectivity index is 1.82. The summed E-state index contributed by atoms with van der Waals surface area (Å²) in [5.74, 6) is 0.837. The summed E-state index contributed by atoms with van der Waals surface area (Å²) in [5, 5.41) is 9.86. The highest BCUT2D eigenvalue weighted by Gasteiger charge is 2.35. The Kier molecular flexibility index (Phi) is 4.03. The average Bonchev–Trinajstić information content (AvgIpc) is 3.17. The van der Waals surface area contributed by atoms with Crippen LogP contribution in [-0.2, 0) is 9.53 Å². The fourth-order valence-corrected chi connectivity index (χ4v) is 3.20. The molecule has 3 rings (SSSR count). The van der Waals surface area contributed by atoms with Crippen LogP contribution >= 0.6 is 11.3 Å². The van der Waals surface area contributed by atoms with Crippen molar-refractivity contribution in [1.29, 1.82) is 0 Å². The van der Waals surface area contributed by atoms with Crippen LogP contribution in [0.25, 0.3) is 0 Å². The summed E-state index contributed by atoms with van der Waals surface area (Å²) in [4.78, 5) is 15.6. The molecule has 1 aliphatic rings. The van der Waals surface area contributed by atoms with Crippen LogP contribution in [0.3, 0.4) is 0 Å². The molecule has 2 unspecified atom stereocenters. The molecule has 3 heterocycles. The maximum Gasteiger partial charge on any atom is 0.241 e. The summed E-state index contributed by atoms with van der Waals surface area (Å²) >= 11 is 1.59. The van der Waals surface area contributed by atoms with E-state index >= 15 is 0 Å². The van der Waals surface area contributed by atoms with Crippen molar-refractivity contribution < 1.29 is 13.9 Å². The molecule has 0 radical (unpaired) electrons. The third-order valence-electron chi connectivity index (χ3n) is 3.58. The van der Waals surface area contributed by atoms with Crippen LogP contribution in [0.5, 0.6) is 0 Å². The third-order valence-corrected chi connectivity index (χ3v) is 4.63. The lowest BCUT2D eigenvalue weighted by Gasteiger charge is -2.35. The Hall–Kier alpha value is -1.73. The number of nitrogens with zero attached hydrogens (tertiary/aromatic N) is 3. The van der Waals surface area contributed by atoms with E-state index in [-0.39, 0.29) is 17.9 Å². The zero-order valence-electron chi connectivity index (χ0n) is 12.0. The molecule has 6 nitrogen and oxygen atoms in total. The van der Waals surface area contributed by atoms with Crippen LogP contribution in [0.15, 0.2) is 21.9 Å². The smallest absolute Gasteiger partial charge is 0.241 e. The molecule has 1 aliphatic heterocycles. The number of rotatable bonds is 3. The molecular weight excluding hydrogens is 290 g/mol. The Morgan fingerprint density at radius 3 is 3.05 bits per heavy atom. The van der Waals surface area contributed by atoms with Gasteiger partial charge in [0.15, 0.2) is 0 Å². The van der Waals surface area contributed by atoms with Gasteiger partial charge in [0, 0.05) is 18.3 Å². The van der Waals surface area contributed by atoms with Crippen molar-refractivity contribution in [2.45, 2.75) is 25.8 Å². The standard InChI is InChI=1S/C14H17N3O3S/c1-9(12-4-3-7-21-12)14(18)17-5-6-19-8-11(17)13-16-15-10(2)20-13/h3-4,7,9,11H,5-6,8H2,1-2H3. The largest absolute Gasteiger partial charge is 0.423 e. The Labute approximate surface area is 126 Å². The topological polar surface area (TPSA) is 68.5 Å². The highest BCUT2D eigenvalue weighted by Crippen LogP contribution is 2.29. The fraction of sp³-hybridized carbons (Fsp3) is 0.500. The summed E-state index contributed by atoms with van der Waals surface area (Å²) in [7, 11) is 0. The number of hydrogen-bond acceptors (Lipinski definition) is 6. The number of amides is 1. The number of carbonyl (C=O) groups is 1. The zero-order valence-corrected chi connectivity index (χ0v) is 12.8. The van der Waals surface area contributed by atoms with Crippen LogP contribution in [0.4, 0.5) is 0 Å². The van der Waals surface area contributed by atoms with Gasteiger partial charge in [0.2, 0.25) is 17.7 Å². The Bertz CT molecular complexity index is 611. The molecular formula is C14H17N3O3S. The molecule has 0 N–H and O–H groups in total. The molecule has 0 aliphatic carbocycles. The first kappa shape index (κ1) is 14.2. The number of thiophene rings is 1. The van der Waals surface area contributed by atoms with E-state index < -0.39 is 0 Å². The van der Waals surface area contributed by atoms with E-state index in [9.17, 15) is 4.79 Å². The SMILES string of the molecule is Cc1nnc(C2COCCN2C(=O)C(C)c2cccs2)o1. The van der Waals surface area contributed by atoms with Crippen molar-refractivity contribution in [3.8, 4) is 0 Å². The summed E-state index contributed by atoms with van der Waals surface area (Å²) in [6.45, 7) is 5.14. The first-order valence-electron chi connectivity index (χ1n) is 6.88. The summed E-state index contributed by atoms with van der Waals surface area (Å²) in [5.41, 5.74) is 0. The lowest BCUT2D eigenvalue weighted by atomic mass is 10.1. The first-order chi connectivity index (χ1) is 10.2. The lowest BCUT2D eigenvalue weighted by molar-refractivity contribution is -0.142.